The van der Waals surface area contributed by atoms with E-state index in [0.29, 0.717) is 5.69 Å². The average Bonchev–Trinajstić information content (AvgIpc) is 3.08. The van der Waals surface area contributed by atoms with Gasteiger partial charge in [-0.2, -0.15) is 18.3 Å². The van der Waals surface area contributed by atoms with E-state index in [0.717, 1.165) is 24.1 Å². The Labute approximate surface area is 108 Å². The third-order valence-electron chi connectivity index (χ3n) is 3.37. The molecule has 5 heteroatoms. The maximum absolute atomic E-state index is 12.8. The van der Waals surface area contributed by atoms with Crippen LogP contribution in [0.2, 0.25) is 0 Å². The molecule has 0 radical (unpaired) electrons. The first kappa shape index (κ1) is 12.3. The van der Waals surface area contributed by atoms with Crippen molar-refractivity contribution in [1.82, 2.24) is 9.78 Å². The molecule has 1 heterocycles. The molecule has 1 aliphatic carbocycles. The summed E-state index contributed by atoms with van der Waals surface area (Å²) in [5.41, 5.74) is 1.50. The first-order chi connectivity index (χ1) is 8.97. The maximum Gasteiger partial charge on any atom is 0.435 e. The summed E-state index contributed by atoms with van der Waals surface area (Å²) in [5.74, 6) is 0.211. The SMILES string of the molecule is Cc1ccccc1-n1nc(C(F)(F)F)cc1C1CC1. The highest BCUT2D eigenvalue weighted by Gasteiger charge is 2.38. The molecule has 0 bridgehead atoms. The number of aromatic nitrogens is 2. The summed E-state index contributed by atoms with van der Waals surface area (Å²) < 4.78 is 39.9. The third kappa shape index (κ3) is 2.25. The fraction of sp³-hybridized carbons (Fsp3) is 0.357. The van der Waals surface area contributed by atoms with E-state index in [1.165, 1.54) is 10.7 Å². The van der Waals surface area contributed by atoms with Crippen LogP contribution in [0.1, 0.15) is 35.7 Å². The van der Waals surface area contributed by atoms with Crippen LogP contribution in [0.4, 0.5) is 13.2 Å². The third-order valence-corrected chi connectivity index (χ3v) is 3.37. The van der Waals surface area contributed by atoms with Crippen LogP contribution < -0.4 is 0 Å². The van der Waals surface area contributed by atoms with E-state index in [9.17, 15) is 13.2 Å². The molecule has 3 rings (SSSR count). The standard InChI is InChI=1S/C14H13F3N2/c1-9-4-2-3-5-11(9)19-12(10-6-7-10)8-13(18-19)14(15,16)17/h2-5,8,10H,6-7H2,1H3. The molecular weight excluding hydrogens is 253 g/mol. The number of benzene rings is 1. The summed E-state index contributed by atoms with van der Waals surface area (Å²) in [6.07, 6.45) is -2.51. The fourth-order valence-electron chi connectivity index (χ4n) is 2.20. The van der Waals surface area contributed by atoms with Crippen molar-refractivity contribution in [2.24, 2.45) is 0 Å². The number of hydrogen-bond donors (Lipinski definition) is 0. The van der Waals surface area contributed by atoms with E-state index < -0.39 is 11.9 Å². The van der Waals surface area contributed by atoms with Crippen molar-refractivity contribution in [2.45, 2.75) is 31.9 Å². The van der Waals surface area contributed by atoms with Gasteiger partial charge in [0.2, 0.25) is 0 Å². The number of aryl methyl sites for hydroxylation is 1. The summed E-state index contributed by atoms with van der Waals surface area (Å²) in [6.45, 7) is 1.88. The van der Waals surface area contributed by atoms with E-state index >= 15 is 0 Å². The number of para-hydroxylation sites is 1. The first-order valence-electron chi connectivity index (χ1n) is 6.20. The molecule has 1 aromatic heterocycles. The highest BCUT2D eigenvalue weighted by Crippen LogP contribution is 2.43. The molecule has 2 aromatic rings. The summed E-state index contributed by atoms with van der Waals surface area (Å²) >= 11 is 0. The van der Waals surface area contributed by atoms with Crippen molar-refractivity contribution in [3.63, 3.8) is 0 Å². The number of alkyl halides is 3. The summed E-state index contributed by atoms with van der Waals surface area (Å²) in [7, 11) is 0. The molecule has 1 aromatic carbocycles. The molecule has 0 amide bonds. The van der Waals surface area contributed by atoms with Gasteiger partial charge in [-0.3, -0.25) is 0 Å². The van der Waals surface area contributed by atoms with Crippen molar-refractivity contribution in [3.8, 4) is 5.69 Å². The van der Waals surface area contributed by atoms with Crippen molar-refractivity contribution >= 4 is 0 Å². The average molecular weight is 266 g/mol. The fourth-order valence-corrected chi connectivity index (χ4v) is 2.20. The highest BCUT2D eigenvalue weighted by atomic mass is 19.4. The van der Waals surface area contributed by atoms with Crippen LogP contribution >= 0.6 is 0 Å². The van der Waals surface area contributed by atoms with E-state index in [2.05, 4.69) is 5.10 Å². The lowest BCUT2D eigenvalue weighted by Gasteiger charge is -2.09. The molecule has 19 heavy (non-hydrogen) atoms. The second-order valence-corrected chi connectivity index (χ2v) is 4.92. The minimum atomic E-state index is -4.39. The Balaban J connectivity index is 2.15. The lowest BCUT2D eigenvalue weighted by molar-refractivity contribution is -0.141. The van der Waals surface area contributed by atoms with Crippen LogP contribution in [-0.2, 0) is 6.18 Å². The van der Waals surface area contributed by atoms with Gasteiger partial charge in [0.25, 0.3) is 0 Å². The van der Waals surface area contributed by atoms with Gasteiger partial charge in [-0.15, -0.1) is 0 Å². The Hall–Kier alpha value is -1.78. The van der Waals surface area contributed by atoms with Crippen LogP contribution in [-0.4, -0.2) is 9.78 Å². The van der Waals surface area contributed by atoms with Gasteiger partial charge in [0.15, 0.2) is 5.69 Å². The van der Waals surface area contributed by atoms with Gasteiger partial charge >= 0.3 is 6.18 Å². The largest absolute Gasteiger partial charge is 0.435 e. The maximum atomic E-state index is 12.8. The van der Waals surface area contributed by atoms with Crippen LogP contribution in [0, 0.1) is 6.92 Å². The van der Waals surface area contributed by atoms with Crippen molar-refractivity contribution in [1.29, 1.82) is 0 Å². The van der Waals surface area contributed by atoms with Crippen LogP contribution in [0.5, 0.6) is 0 Å². The normalized spacial score (nSPS) is 15.8. The van der Waals surface area contributed by atoms with Crippen molar-refractivity contribution in [3.05, 3.63) is 47.3 Å². The highest BCUT2D eigenvalue weighted by molar-refractivity contribution is 5.42. The molecule has 0 aliphatic heterocycles. The Morgan fingerprint density at radius 3 is 2.47 bits per heavy atom. The van der Waals surface area contributed by atoms with Crippen LogP contribution in [0.3, 0.4) is 0 Å². The zero-order valence-electron chi connectivity index (χ0n) is 10.4. The molecule has 100 valence electrons. The molecule has 0 N–H and O–H groups in total. The van der Waals surface area contributed by atoms with Crippen molar-refractivity contribution < 1.29 is 13.2 Å². The second kappa shape index (κ2) is 4.11. The Kier molecular flexibility index (Phi) is 2.66. The van der Waals surface area contributed by atoms with Gasteiger partial charge in [0.1, 0.15) is 0 Å². The number of hydrogen-bond acceptors (Lipinski definition) is 1. The van der Waals surface area contributed by atoms with Gasteiger partial charge < -0.3 is 0 Å². The summed E-state index contributed by atoms with van der Waals surface area (Å²) in [5, 5.41) is 3.77. The molecule has 2 nitrogen and oxygen atoms in total. The number of rotatable bonds is 2. The first-order valence-corrected chi connectivity index (χ1v) is 6.20. The minimum absolute atomic E-state index is 0.211. The zero-order valence-corrected chi connectivity index (χ0v) is 10.4. The molecule has 0 saturated heterocycles. The topological polar surface area (TPSA) is 17.8 Å². The molecule has 1 aliphatic rings. The smallest absolute Gasteiger partial charge is 0.237 e. The molecule has 0 spiro atoms. The van der Waals surface area contributed by atoms with Gasteiger partial charge in [-0.05, 0) is 37.5 Å². The minimum Gasteiger partial charge on any atom is -0.237 e. The molecule has 0 unspecified atom stereocenters. The van der Waals surface area contributed by atoms with E-state index in [-0.39, 0.29) is 5.92 Å². The van der Waals surface area contributed by atoms with E-state index in [1.807, 2.05) is 25.1 Å². The number of halogens is 3. The summed E-state index contributed by atoms with van der Waals surface area (Å²) in [6, 6.07) is 8.54. The lowest BCUT2D eigenvalue weighted by atomic mass is 10.2. The molecular formula is C14H13F3N2. The van der Waals surface area contributed by atoms with E-state index in [1.54, 1.807) is 6.07 Å². The van der Waals surface area contributed by atoms with E-state index in [4.69, 9.17) is 0 Å². The Bertz CT molecular complexity index is 609. The van der Waals surface area contributed by atoms with Gasteiger partial charge in [-0.1, -0.05) is 18.2 Å². The Morgan fingerprint density at radius 2 is 1.89 bits per heavy atom. The predicted molar refractivity (Wildman–Crippen MR) is 65.3 cm³/mol. The van der Waals surface area contributed by atoms with Crippen molar-refractivity contribution in [2.75, 3.05) is 0 Å². The second-order valence-electron chi connectivity index (χ2n) is 4.92. The van der Waals surface area contributed by atoms with Gasteiger partial charge in [0, 0.05) is 11.6 Å². The van der Waals surface area contributed by atoms with Crippen LogP contribution in [0.15, 0.2) is 30.3 Å². The number of nitrogens with zero attached hydrogens (tertiary/aromatic N) is 2. The molecule has 0 atom stereocenters. The van der Waals surface area contributed by atoms with Gasteiger partial charge in [0.05, 0.1) is 5.69 Å². The monoisotopic (exact) mass is 266 g/mol. The van der Waals surface area contributed by atoms with Gasteiger partial charge in [-0.25, -0.2) is 4.68 Å². The van der Waals surface area contributed by atoms with Crippen LogP contribution in [0.25, 0.3) is 5.69 Å². The molecule has 1 fully saturated rings. The lowest BCUT2D eigenvalue weighted by Crippen LogP contribution is -2.08. The quantitative estimate of drug-likeness (QED) is 0.801. The summed E-state index contributed by atoms with van der Waals surface area (Å²) in [4.78, 5) is 0. The predicted octanol–water partition coefficient (Wildman–Crippen LogP) is 4.08. The molecule has 1 saturated carbocycles. The Morgan fingerprint density at radius 1 is 1.21 bits per heavy atom. The zero-order chi connectivity index (χ0) is 13.6.